The average Bonchev–Trinajstić information content (AvgIpc) is 2.84. The third kappa shape index (κ3) is 2.39. The SMILES string of the molecule is Cc1ccc2oc(C(N)c3ccc(Br)c(C)c3)cc2c1. The minimum absolute atomic E-state index is 0.241. The summed E-state index contributed by atoms with van der Waals surface area (Å²) in [6.45, 7) is 4.13. The van der Waals surface area contributed by atoms with Gasteiger partial charge in [0.1, 0.15) is 11.3 Å². The Bertz CT molecular complexity index is 776. The third-order valence-electron chi connectivity index (χ3n) is 3.54. The molecule has 0 bridgehead atoms. The third-order valence-corrected chi connectivity index (χ3v) is 4.43. The quantitative estimate of drug-likeness (QED) is 0.729. The lowest BCUT2D eigenvalue weighted by Gasteiger charge is -2.10. The number of benzene rings is 2. The summed E-state index contributed by atoms with van der Waals surface area (Å²) in [4.78, 5) is 0. The first-order valence-electron chi connectivity index (χ1n) is 6.56. The number of hydrogen-bond acceptors (Lipinski definition) is 2. The predicted octanol–water partition coefficient (Wildman–Crippen LogP) is 4.86. The van der Waals surface area contributed by atoms with E-state index in [0.29, 0.717) is 0 Å². The van der Waals surface area contributed by atoms with Gasteiger partial charge in [0.05, 0.1) is 6.04 Å². The van der Waals surface area contributed by atoms with Gasteiger partial charge in [-0.05, 0) is 49.2 Å². The monoisotopic (exact) mass is 329 g/mol. The van der Waals surface area contributed by atoms with Crippen LogP contribution in [0.3, 0.4) is 0 Å². The van der Waals surface area contributed by atoms with Gasteiger partial charge in [0.2, 0.25) is 0 Å². The Morgan fingerprint density at radius 2 is 1.85 bits per heavy atom. The molecule has 1 atom stereocenters. The van der Waals surface area contributed by atoms with Crippen LogP contribution in [0.2, 0.25) is 0 Å². The highest BCUT2D eigenvalue weighted by Crippen LogP contribution is 2.29. The van der Waals surface area contributed by atoms with E-state index in [0.717, 1.165) is 26.8 Å². The highest BCUT2D eigenvalue weighted by molar-refractivity contribution is 9.10. The molecule has 1 heterocycles. The van der Waals surface area contributed by atoms with Crippen molar-refractivity contribution in [1.29, 1.82) is 0 Å². The van der Waals surface area contributed by atoms with Crippen LogP contribution in [0, 0.1) is 13.8 Å². The molecule has 3 aromatic rings. The van der Waals surface area contributed by atoms with E-state index in [-0.39, 0.29) is 6.04 Å². The van der Waals surface area contributed by atoms with Gasteiger partial charge in [-0.2, -0.15) is 0 Å². The highest BCUT2D eigenvalue weighted by atomic mass is 79.9. The molecule has 2 nitrogen and oxygen atoms in total. The summed E-state index contributed by atoms with van der Waals surface area (Å²) in [5, 5.41) is 1.10. The molecular formula is C17H16BrNO. The summed E-state index contributed by atoms with van der Waals surface area (Å²) in [5.74, 6) is 0.798. The molecule has 1 aromatic heterocycles. The average molecular weight is 330 g/mol. The normalized spacial score (nSPS) is 12.8. The van der Waals surface area contributed by atoms with Crippen molar-refractivity contribution < 1.29 is 4.42 Å². The fraction of sp³-hybridized carbons (Fsp3) is 0.176. The Morgan fingerprint density at radius 3 is 2.60 bits per heavy atom. The molecule has 2 aromatic carbocycles. The minimum Gasteiger partial charge on any atom is -0.459 e. The zero-order valence-corrected chi connectivity index (χ0v) is 13.1. The van der Waals surface area contributed by atoms with Gasteiger partial charge < -0.3 is 10.2 Å². The Kier molecular flexibility index (Phi) is 3.40. The van der Waals surface area contributed by atoms with Gasteiger partial charge in [0.25, 0.3) is 0 Å². The lowest BCUT2D eigenvalue weighted by atomic mass is 10.0. The van der Waals surface area contributed by atoms with Gasteiger partial charge in [-0.1, -0.05) is 39.7 Å². The van der Waals surface area contributed by atoms with Crippen LogP contribution in [0.1, 0.15) is 28.5 Å². The van der Waals surface area contributed by atoms with Gasteiger partial charge in [-0.15, -0.1) is 0 Å². The number of furan rings is 1. The highest BCUT2D eigenvalue weighted by Gasteiger charge is 2.15. The number of hydrogen-bond donors (Lipinski definition) is 1. The van der Waals surface area contributed by atoms with Gasteiger partial charge in [0, 0.05) is 9.86 Å². The van der Waals surface area contributed by atoms with Crippen molar-refractivity contribution in [3.8, 4) is 0 Å². The van der Waals surface area contributed by atoms with E-state index >= 15 is 0 Å². The lowest BCUT2D eigenvalue weighted by molar-refractivity contribution is 0.525. The Morgan fingerprint density at radius 1 is 1.05 bits per heavy atom. The van der Waals surface area contributed by atoms with Crippen LogP contribution < -0.4 is 5.73 Å². The second-order valence-corrected chi connectivity index (χ2v) is 6.03. The summed E-state index contributed by atoms with van der Waals surface area (Å²) < 4.78 is 6.96. The molecule has 2 N–H and O–H groups in total. The van der Waals surface area contributed by atoms with Crippen molar-refractivity contribution in [2.24, 2.45) is 5.73 Å². The van der Waals surface area contributed by atoms with E-state index in [2.05, 4.69) is 41.9 Å². The molecule has 102 valence electrons. The smallest absolute Gasteiger partial charge is 0.134 e. The fourth-order valence-electron chi connectivity index (χ4n) is 2.36. The standard InChI is InChI=1S/C17H16BrNO/c1-10-3-6-15-13(7-10)9-16(20-15)17(19)12-4-5-14(18)11(2)8-12/h3-9,17H,19H2,1-2H3. The first-order chi connectivity index (χ1) is 9.54. The van der Waals surface area contributed by atoms with Gasteiger partial charge >= 0.3 is 0 Å². The molecule has 3 heteroatoms. The first-order valence-corrected chi connectivity index (χ1v) is 7.35. The summed E-state index contributed by atoms with van der Waals surface area (Å²) in [5.41, 5.74) is 10.7. The zero-order chi connectivity index (χ0) is 14.3. The van der Waals surface area contributed by atoms with Crippen molar-refractivity contribution in [3.63, 3.8) is 0 Å². The zero-order valence-electron chi connectivity index (χ0n) is 11.5. The lowest BCUT2D eigenvalue weighted by Crippen LogP contribution is -2.10. The maximum absolute atomic E-state index is 6.33. The fourth-order valence-corrected chi connectivity index (χ4v) is 2.61. The van der Waals surface area contributed by atoms with E-state index in [1.165, 1.54) is 11.1 Å². The van der Waals surface area contributed by atoms with E-state index in [4.69, 9.17) is 10.2 Å². The van der Waals surface area contributed by atoms with Crippen LogP contribution in [-0.2, 0) is 0 Å². The maximum Gasteiger partial charge on any atom is 0.134 e. The van der Waals surface area contributed by atoms with Gasteiger partial charge in [-0.25, -0.2) is 0 Å². The minimum atomic E-state index is -0.241. The Hall–Kier alpha value is -1.58. The van der Waals surface area contributed by atoms with Gasteiger partial charge in [0.15, 0.2) is 0 Å². The van der Waals surface area contributed by atoms with E-state index in [1.54, 1.807) is 0 Å². The van der Waals surface area contributed by atoms with E-state index < -0.39 is 0 Å². The first kappa shape index (κ1) is 13.4. The maximum atomic E-state index is 6.33. The number of aryl methyl sites for hydroxylation is 2. The molecule has 0 saturated carbocycles. The number of rotatable bonds is 2. The number of nitrogens with two attached hydrogens (primary N) is 1. The van der Waals surface area contributed by atoms with Crippen LogP contribution in [0.5, 0.6) is 0 Å². The molecule has 0 aliphatic heterocycles. The second-order valence-electron chi connectivity index (χ2n) is 5.18. The predicted molar refractivity (Wildman–Crippen MR) is 85.9 cm³/mol. The summed E-state index contributed by atoms with van der Waals surface area (Å²) in [6.07, 6.45) is 0. The van der Waals surface area contributed by atoms with Crippen molar-refractivity contribution >= 4 is 26.9 Å². The Balaban J connectivity index is 2.02. The van der Waals surface area contributed by atoms with Crippen LogP contribution >= 0.6 is 15.9 Å². The molecule has 0 amide bonds. The molecular weight excluding hydrogens is 314 g/mol. The number of halogens is 1. The molecule has 0 saturated heterocycles. The van der Waals surface area contributed by atoms with Crippen molar-refractivity contribution in [1.82, 2.24) is 0 Å². The number of fused-ring (bicyclic) bond motifs is 1. The largest absolute Gasteiger partial charge is 0.459 e. The van der Waals surface area contributed by atoms with Crippen molar-refractivity contribution in [2.75, 3.05) is 0 Å². The van der Waals surface area contributed by atoms with Crippen molar-refractivity contribution in [3.05, 3.63) is 69.4 Å². The van der Waals surface area contributed by atoms with Gasteiger partial charge in [-0.3, -0.25) is 0 Å². The van der Waals surface area contributed by atoms with E-state index in [1.807, 2.05) is 30.3 Å². The molecule has 20 heavy (non-hydrogen) atoms. The molecule has 0 radical (unpaired) electrons. The molecule has 3 rings (SSSR count). The summed E-state index contributed by atoms with van der Waals surface area (Å²) in [7, 11) is 0. The molecule has 0 spiro atoms. The molecule has 0 aliphatic rings. The van der Waals surface area contributed by atoms with Crippen LogP contribution in [0.4, 0.5) is 0 Å². The molecule has 1 unspecified atom stereocenters. The second kappa shape index (κ2) is 5.08. The van der Waals surface area contributed by atoms with Crippen molar-refractivity contribution in [2.45, 2.75) is 19.9 Å². The summed E-state index contributed by atoms with van der Waals surface area (Å²) >= 11 is 3.51. The van der Waals surface area contributed by atoms with Crippen LogP contribution in [-0.4, -0.2) is 0 Å². The molecule has 0 fully saturated rings. The Labute approximate surface area is 126 Å². The van der Waals surface area contributed by atoms with Crippen LogP contribution in [0.15, 0.2) is 51.4 Å². The summed E-state index contributed by atoms with van der Waals surface area (Å²) in [6, 6.07) is 14.1. The van der Waals surface area contributed by atoms with Crippen LogP contribution in [0.25, 0.3) is 11.0 Å². The van der Waals surface area contributed by atoms with E-state index in [9.17, 15) is 0 Å². The molecule has 0 aliphatic carbocycles. The topological polar surface area (TPSA) is 39.2 Å².